The summed E-state index contributed by atoms with van der Waals surface area (Å²) in [7, 11) is 1.35. The number of allylic oxidation sites excluding steroid dienone is 2. The lowest BCUT2D eigenvalue weighted by atomic mass is 10.0. The summed E-state index contributed by atoms with van der Waals surface area (Å²) in [5, 5.41) is 3.25. The van der Waals surface area contributed by atoms with Gasteiger partial charge >= 0.3 is 5.97 Å². The summed E-state index contributed by atoms with van der Waals surface area (Å²) < 4.78 is 4.11. The minimum Gasteiger partial charge on any atom is -0.469 e. The van der Waals surface area contributed by atoms with Crippen LogP contribution in [0, 0.1) is 0 Å². The van der Waals surface area contributed by atoms with Crippen molar-refractivity contribution in [3.63, 3.8) is 0 Å². The lowest BCUT2D eigenvalue weighted by molar-refractivity contribution is -0.137. The van der Waals surface area contributed by atoms with E-state index in [1.165, 1.54) is 25.2 Å². The van der Waals surface area contributed by atoms with Crippen LogP contribution in [-0.4, -0.2) is 26.2 Å². The van der Waals surface area contributed by atoms with Gasteiger partial charge in [-0.3, -0.25) is 4.79 Å². The Kier molecular flexibility index (Phi) is 7.28. The van der Waals surface area contributed by atoms with Gasteiger partial charge in [0.05, 0.1) is 7.11 Å². The number of esters is 1. The number of hydrogen-bond donors (Lipinski definition) is 1. The molecule has 0 spiro atoms. The Labute approximate surface area is 91.5 Å². The first-order valence-electron chi connectivity index (χ1n) is 4.86. The molecule has 0 unspecified atom stereocenters. The maximum atomic E-state index is 9.59. The molecule has 0 aliphatic carbocycles. The lowest BCUT2D eigenvalue weighted by Crippen LogP contribution is -2.24. The second kappa shape index (κ2) is 8.00. The van der Waals surface area contributed by atoms with E-state index in [9.17, 15) is 4.79 Å². The molecule has 0 aromatic carbocycles. The molecular weight excluding hydrogens is 190 g/mol. The van der Waals surface area contributed by atoms with Crippen molar-refractivity contribution in [2.75, 3.05) is 20.2 Å². The average molecular weight is 209 g/mol. The summed E-state index contributed by atoms with van der Waals surface area (Å²) in [6, 6.07) is 0. The molecule has 1 N–H and O–H groups in total. The SMILES string of the molecule is C=C/C=C1/CCNCC1=C.COC(C)=O. The molecule has 84 valence electrons. The van der Waals surface area contributed by atoms with Crippen LogP contribution in [0.1, 0.15) is 13.3 Å². The molecule has 1 rings (SSSR count). The number of methoxy groups -OCH3 is 1. The van der Waals surface area contributed by atoms with Crippen molar-refractivity contribution in [3.05, 3.63) is 36.5 Å². The second-order valence-electron chi connectivity index (χ2n) is 3.15. The summed E-state index contributed by atoms with van der Waals surface area (Å²) in [6.45, 7) is 10.9. The van der Waals surface area contributed by atoms with Gasteiger partial charge in [0.15, 0.2) is 0 Å². The average Bonchev–Trinajstić information content (AvgIpc) is 2.23. The topological polar surface area (TPSA) is 38.3 Å². The predicted molar refractivity (Wildman–Crippen MR) is 62.6 cm³/mol. The molecule has 0 atom stereocenters. The van der Waals surface area contributed by atoms with E-state index < -0.39 is 0 Å². The first kappa shape index (κ1) is 13.7. The summed E-state index contributed by atoms with van der Waals surface area (Å²) in [6.07, 6.45) is 4.96. The standard InChI is InChI=1S/C9H13N.C3H6O2/c1-3-4-9-5-6-10-7-8(9)2;1-3(4)5-2/h3-4,10H,1-2,5-7H2;1-2H3/b9-4-;. The Bertz CT molecular complexity index is 267. The van der Waals surface area contributed by atoms with Gasteiger partial charge in [0.2, 0.25) is 0 Å². The van der Waals surface area contributed by atoms with Crippen molar-refractivity contribution in [2.24, 2.45) is 0 Å². The molecule has 3 nitrogen and oxygen atoms in total. The van der Waals surface area contributed by atoms with Crippen LogP contribution < -0.4 is 5.32 Å². The van der Waals surface area contributed by atoms with Crippen molar-refractivity contribution in [1.82, 2.24) is 5.32 Å². The molecule has 3 heteroatoms. The van der Waals surface area contributed by atoms with Crippen LogP contribution in [0.25, 0.3) is 0 Å². The molecule has 0 saturated carbocycles. The van der Waals surface area contributed by atoms with E-state index >= 15 is 0 Å². The van der Waals surface area contributed by atoms with E-state index in [-0.39, 0.29) is 5.97 Å². The van der Waals surface area contributed by atoms with Gasteiger partial charge in [-0.25, -0.2) is 0 Å². The van der Waals surface area contributed by atoms with Gasteiger partial charge in [0.25, 0.3) is 0 Å². The number of hydrogen-bond acceptors (Lipinski definition) is 3. The van der Waals surface area contributed by atoms with E-state index in [4.69, 9.17) is 0 Å². The Morgan fingerprint density at radius 1 is 1.60 bits per heavy atom. The van der Waals surface area contributed by atoms with E-state index in [1.54, 1.807) is 0 Å². The van der Waals surface area contributed by atoms with Crippen LogP contribution in [0.15, 0.2) is 36.5 Å². The van der Waals surface area contributed by atoms with Gasteiger partial charge < -0.3 is 10.1 Å². The number of ether oxygens (including phenoxy) is 1. The van der Waals surface area contributed by atoms with Crippen LogP contribution >= 0.6 is 0 Å². The molecule has 1 heterocycles. The van der Waals surface area contributed by atoms with Crippen LogP contribution in [0.4, 0.5) is 0 Å². The quantitative estimate of drug-likeness (QED) is 0.669. The molecule has 1 aliphatic heterocycles. The number of piperidine rings is 1. The van der Waals surface area contributed by atoms with Gasteiger partial charge in [-0.1, -0.05) is 25.3 Å². The van der Waals surface area contributed by atoms with Crippen LogP contribution in [0.2, 0.25) is 0 Å². The van der Waals surface area contributed by atoms with E-state index in [1.807, 2.05) is 12.2 Å². The van der Waals surface area contributed by atoms with Gasteiger partial charge in [0, 0.05) is 13.5 Å². The van der Waals surface area contributed by atoms with Crippen LogP contribution in [0.3, 0.4) is 0 Å². The zero-order chi connectivity index (χ0) is 11.7. The van der Waals surface area contributed by atoms with Crippen molar-refractivity contribution in [2.45, 2.75) is 13.3 Å². The Balaban J connectivity index is 0.000000336. The number of carbonyl (C=O) groups is 1. The Hall–Kier alpha value is -1.35. The monoisotopic (exact) mass is 209 g/mol. The molecular formula is C12H19NO2. The minimum atomic E-state index is -0.245. The van der Waals surface area contributed by atoms with Crippen LogP contribution in [-0.2, 0) is 9.53 Å². The van der Waals surface area contributed by atoms with Gasteiger partial charge in [-0.15, -0.1) is 0 Å². The fourth-order valence-electron chi connectivity index (χ4n) is 1.10. The van der Waals surface area contributed by atoms with E-state index in [0.717, 1.165) is 19.5 Å². The summed E-state index contributed by atoms with van der Waals surface area (Å²) >= 11 is 0. The highest BCUT2D eigenvalue weighted by Crippen LogP contribution is 2.14. The second-order valence-corrected chi connectivity index (χ2v) is 3.15. The third-order valence-corrected chi connectivity index (χ3v) is 1.97. The maximum Gasteiger partial charge on any atom is 0.302 e. The first-order valence-corrected chi connectivity index (χ1v) is 4.86. The molecule has 0 aromatic rings. The number of nitrogens with one attached hydrogen (secondary N) is 1. The molecule has 1 aliphatic rings. The number of carbonyl (C=O) groups excluding carboxylic acids is 1. The molecule has 0 bridgehead atoms. The highest BCUT2D eigenvalue weighted by atomic mass is 16.5. The Morgan fingerprint density at radius 2 is 2.20 bits per heavy atom. The minimum absolute atomic E-state index is 0.245. The van der Waals surface area contributed by atoms with Crippen LogP contribution in [0.5, 0.6) is 0 Å². The molecule has 15 heavy (non-hydrogen) atoms. The summed E-state index contributed by atoms with van der Waals surface area (Å²) in [4.78, 5) is 9.59. The normalized spacial score (nSPS) is 17.7. The third kappa shape index (κ3) is 6.69. The van der Waals surface area contributed by atoms with Crippen molar-refractivity contribution in [1.29, 1.82) is 0 Å². The van der Waals surface area contributed by atoms with Gasteiger partial charge in [-0.2, -0.15) is 0 Å². The van der Waals surface area contributed by atoms with Gasteiger partial charge in [0.1, 0.15) is 0 Å². The molecule has 0 radical (unpaired) electrons. The smallest absolute Gasteiger partial charge is 0.302 e. The summed E-state index contributed by atoms with van der Waals surface area (Å²) in [5.74, 6) is -0.245. The van der Waals surface area contributed by atoms with Gasteiger partial charge in [-0.05, 0) is 24.1 Å². The zero-order valence-electron chi connectivity index (χ0n) is 9.51. The van der Waals surface area contributed by atoms with E-state index in [0.29, 0.717) is 0 Å². The van der Waals surface area contributed by atoms with Crippen molar-refractivity contribution < 1.29 is 9.53 Å². The fraction of sp³-hybridized carbons (Fsp3) is 0.417. The third-order valence-electron chi connectivity index (χ3n) is 1.97. The molecule has 0 amide bonds. The molecule has 1 fully saturated rings. The highest BCUT2D eigenvalue weighted by Gasteiger charge is 2.06. The van der Waals surface area contributed by atoms with E-state index in [2.05, 4.69) is 23.2 Å². The highest BCUT2D eigenvalue weighted by molar-refractivity contribution is 5.65. The lowest BCUT2D eigenvalue weighted by Gasteiger charge is -2.17. The number of rotatable bonds is 1. The fourth-order valence-corrected chi connectivity index (χ4v) is 1.10. The predicted octanol–water partition coefficient (Wildman–Crippen LogP) is 1.83. The molecule has 1 saturated heterocycles. The Morgan fingerprint density at radius 3 is 2.60 bits per heavy atom. The zero-order valence-corrected chi connectivity index (χ0v) is 9.51. The molecule has 0 aromatic heterocycles. The first-order chi connectivity index (χ1) is 7.11. The van der Waals surface area contributed by atoms with Crippen molar-refractivity contribution >= 4 is 5.97 Å². The maximum absolute atomic E-state index is 9.59. The largest absolute Gasteiger partial charge is 0.469 e. The summed E-state index contributed by atoms with van der Waals surface area (Å²) in [5.41, 5.74) is 2.54. The van der Waals surface area contributed by atoms with Crippen molar-refractivity contribution in [3.8, 4) is 0 Å².